The Morgan fingerprint density at radius 1 is 1.19 bits per heavy atom. The van der Waals surface area contributed by atoms with Gasteiger partial charge in [-0.25, -0.2) is 4.98 Å². The first-order valence-electron chi connectivity index (χ1n) is 7.10. The molecule has 0 saturated carbocycles. The highest BCUT2D eigenvalue weighted by Crippen LogP contribution is 2.15. The summed E-state index contributed by atoms with van der Waals surface area (Å²) in [6, 6.07) is 5.90. The zero-order chi connectivity index (χ0) is 14.8. The van der Waals surface area contributed by atoms with Crippen LogP contribution in [0.3, 0.4) is 0 Å². The molecule has 3 heterocycles. The molecule has 3 rings (SSSR count). The van der Waals surface area contributed by atoms with E-state index in [-0.39, 0.29) is 5.91 Å². The van der Waals surface area contributed by atoms with E-state index in [0.717, 1.165) is 24.6 Å². The predicted octanol–water partition coefficient (Wildman–Crippen LogP) is 1.09. The van der Waals surface area contributed by atoms with Crippen molar-refractivity contribution in [3.63, 3.8) is 0 Å². The highest BCUT2D eigenvalue weighted by atomic mass is 16.2. The van der Waals surface area contributed by atoms with Crippen LogP contribution in [0.1, 0.15) is 16.1 Å². The predicted molar refractivity (Wildman–Crippen MR) is 80.3 cm³/mol. The fraction of sp³-hybridized carbons (Fsp3) is 0.400. The van der Waals surface area contributed by atoms with Gasteiger partial charge in [-0.2, -0.15) is 5.10 Å². The number of hydrogen-bond donors (Lipinski definition) is 0. The zero-order valence-electron chi connectivity index (χ0n) is 12.4. The van der Waals surface area contributed by atoms with E-state index in [2.05, 4.69) is 15.0 Å². The third kappa shape index (κ3) is 2.74. The fourth-order valence-corrected chi connectivity index (χ4v) is 2.66. The number of carbonyl (C=O) groups excluding carboxylic acids is 1. The molecule has 6 nitrogen and oxygen atoms in total. The van der Waals surface area contributed by atoms with Crippen molar-refractivity contribution in [3.8, 4) is 0 Å². The molecule has 1 saturated heterocycles. The van der Waals surface area contributed by atoms with Crippen molar-refractivity contribution in [2.24, 2.45) is 7.05 Å². The van der Waals surface area contributed by atoms with Crippen molar-refractivity contribution >= 4 is 11.7 Å². The molecular formula is C15H19N5O. The van der Waals surface area contributed by atoms with Gasteiger partial charge in [-0.3, -0.25) is 9.48 Å². The normalized spacial score (nSPS) is 15.3. The summed E-state index contributed by atoms with van der Waals surface area (Å²) in [6.45, 7) is 4.91. The number of aromatic nitrogens is 3. The Bertz CT molecular complexity index is 629. The second-order valence-electron chi connectivity index (χ2n) is 5.27. The first-order chi connectivity index (χ1) is 10.1. The first kappa shape index (κ1) is 13.6. The summed E-state index contributed by atoms with van der Waals surface area (Å²) >= 11 is 0. The number of amides is 1. The minimum atomic E-state index is 0.0706. The van der Waals surface area contributed by atoms with Crippen molar-refractivity contribution in [2.75, 3.05) is 31.1 Å². The van der Waals surface area contributed by atoms with Crippen molar-refractivity contribution in [1.29, 1.82) is 0 Å². The van der Waals surface area contributed by atoms with Crippen LogP contribution in [-0.2, 0) is 7.05 Å². The Labute approximate surface area is 124 Å². The van der Waals surface area contributed by atoms with E-state index in [9.17, 15) is 4.79 Å². The largest absolute Gasteiger partial charge is 0.353 e. The summed E-state index contributed by atoms with van der Waals surface area (Å²) in [4.78, 5) is 21.0. The average Bonchev–Trinajstić information content (AvgIpc) is 2.86. The van der Waals surface area contributed by atoms with Crippen LogP contribution in [-0.4, -0.2) is 51.8 Å². The standard InChI is InChI=1S/C15H19N5O/c1-12-13(11-18(2)17-12)15(21)20-9-7-19(8-10-20)14-5-3-4-6-16-14/h3-6,11H,7-10H2,1-2H3. The molecule has 0 atom stereocenters. The van der Waals surface area contributed by atoms with Crippen LogP contribution in [0.15, 0.2) is 30.6 Å². The minimum Gasteiger partial charge on any atom is -0.353 e. The van der Waals surface area contributed by atoms with Crippen molar-refractivity contribution in [1.82, 2.24) is 19.7 Å². The average molecular weight is 285 g/mol. The van der Waals surface area contributed by atoms with E-state index >= 15 is 0 Å². The van der Waals surface area contributed by atoms with Crippen molar-refractivity contribution in [3.05, 3.63) is 41.9 Å². The van der Waals surface area contributed by atoms with Crippen LogP contribution < -0.4 is 4.90 Å². The van der Waals surface area contributed by atoms with Gasteiger partial charge in [-0.1, -0.05) is 6.07 Å². The smallest absolute Gasteiger partial charge is 0.257 e. The molecule has 1 aliphatic heterocycles. The number of piperazine rings is 1. The van der Waals surface area contributed by atoms with Gasteiger partial charge < -0.3 is 9.80 Å². The van der Waals surface area contributed by atoms with Gasteiger partial charge in [0.1, 0.15) is 5.82 Å². The summed E-state index contributed by atoms with van der Waals surface area (Å²) in [5.41, 5.74) is 1.48. The van der Waals surface area contributed by atoms with Crippen LogP contribution in [0.25, 0.3) is 0 Å². The van der Waals surface area contributed by atoms with Gasteiger partial charge in [0, 0.05) is 45.6 Å². The van der Waals surface area contributed by atoms with Gasteiger partial charge >= 0.3 is 0 Å². The van der Waals surface area contributed by atoms with Gasteiger partial charge in [-0.05, 0) is 19.1 Å². The van der Waals surface area contributed by atoms with E-state index in [1.165, 1.54) is 0 Å². The molecule has 21 heavy (non-hydrogen) atoms. The Morgan fingerprint density at radius 2 is 1.95 bits per heavy atom. The first-order valence-corrected chi connectivity index (χ1v) is 7.10. The molecule has 1 fully saturated rings. The van der Waals surface area contributed by atoms with Crippen molar-refractivity contribution < 1.29 is 4.79 Å². The molecule has 0 aliphatic carbocycles. The monoisotopic (exact) mass is 285 g/mol. The molecule has 2 aromatic heterocycles. The highest BCUT2D eigenvalue weighted by Gasteiger charge is 2.24. The van der Waals surface area contributed by atoms with Gasteiger partial charge in [0.2, 0.25) is 0 Å². The second kappa shape index (κ2) is 5.55. The molecular weight excluding hydrogens is 266 g/mol. The van der Waals surface area contributed by atoms with E-state index in [1.807, 2.05) is 37.1 Å². The molecule has 0 unspecified atom stereocenters. The molecule has 1 amide bonds. The lowest BCUT2D eigenvalue weighted by Crippen LogP contribution is -2.49. The summed E-state index contributed by atoms with van der Waals surface area (Å²) in [5.74, 6) is 1.04. The highest BCUT2D eigenvalue weighted by molar-refractivity contribution is 5.95. The van der Waals surface area contributed by atoms with E-state index in [0.29, 0.717) is 18.7 Å². The quantitative estimate of drug-likeness (QED) is 0.829. The number of nitrogens with zero attached hydrogens (tertiary/aromatic N) is 5. The van der Waals surface area contributed by atoms with Gasteiger partial charge in [0.25, 0.3) is 5.91 Å². The lowest BCUT2D eigenvalue weighted by molar-refractivity contribution is 0.0745. The Hall–Kier alpha value is -2.37. The number of carbonyl (C=O) groups is 1. The molecule has 0 aromatic carbocycles. The number of aryl methyl sites for hydroxylation is 2. The van der Waals surface area contributed by atoms with Gasteiger partial charge in [-0.15, -0.1) is 0 Å². The maximum absolute atomic E-state index is 12.5. The lowest BCUT2D eigenvalue weighted by atomic mass is 10.2. The topological polar surface area (TPSA) is 54.3 Å². The van der Waals surface area contributed by atoms with Crippen LogP contribution in [0.5, 0.6) is 0 Å². The van der Waals surface area contributed by atoms with Crippen LogP contribution in [0.4, 0.5) is 5.82 Å². The molecule has 110 valence electrons. The number of hydrogen-bond acceptors (Lipinski definition) is 4. The zero-order valence-corrected chi connectivity index (χ0v) is 12.4. The van der Waals surface area contributed by atoms with Gasteiger partial charge in [0.05, 0.1) is 11.3 Å². The maximum Gasteiger partial charge on any atom is 0.257 e. The van der Waals surface area contributed by atoms with E-state index in [1.54, 1.807) is 17.1 Å². The van der Waals surface area contributed by atoms with Crippen LogP contribution >= 0.6 is 0 Å². The molecule has 2 aromatic rings. The number of anilines is 1. The molecule has 0 bridgehead atoms. The third-order valence-corrected chi connectivity index (χ3v) is 3.78. The van der Waals surface area contributed by atoms with Crippen LogP contribution in [0, 0.1) is 6.92 Å². The van der Waals surface area contributed by atoms with Crippen LogP contribution in [0.2, 0.25) is 0 Å². The lowest BCUT2D eigenvalue weighted by Gasteiger charge is -2.35. The summed E-state index contributed by atoms with van der Waals surface area (Å²) < 4.78 is 1.69. The molecule has 0 radical (unpaired) electrons. The Balaban J connectivity index is 1.66. The molecule has 6 heteroatoms. The third-order valence-electron chi connectivity index (χ3n) is 3.78. The number of rotatable bonds is 2. The molecule has 1 aliphatic rings. The van der Waals surface area contributed by atoms with Gasteiger partial charge in [0.15, 0.2) is 0 Å². The minimum absolute atomic E-state index is 0.0706. The molecule has 0 N–H and O–H groups in total. The Kier molecular flexibility index (Phi) is 3.60. The maximum atomic E-state index is 12.5. The summed E-state index contributed by atoms with van der Waals surface area (Å²) in [6.07, 6.45) is 3.59. The van der Waals surface area contributed by atoms with E-state index in [4.69, 9.17) is 0 Å². The van der Waals surface area contributed by atoms with Crippen molar-refractivity contribution in [2.45, 2.75) is 6.92 Å². The second-order valence-corrected chi connectivity index (χ2v) is 5.27. The molecule has 0 spiro atoms. The summed E-state index contributed by atoms with van der Waals surface area (Å²) in [7, 11) is 1.84. The SMILES string of the molecule is Cc1nn(C)cc1C(=O)N1CCN(c2ccccn2)CC1. The number of pyridine rings is 1. The summed E-state index contributed by atoms with van der Waals surface area (Å²) in [5, 5.41) is 4.24. The fourth-order valence-electron chi connectivity index (χ4n) is 2.66. The van der Waals surface area contributed by atoms with E-state index < -0.39 is 0 Å². The Morgan fingerprint density at radius 3 is 2.52 bits per heavy atom.